The Kier molecular flexibility index (Phi) is 5.97. The molecule has 1 fully saturated rings. The zero-order valence-electron chi connectivity index (χ0n) is 16.8. The van der Waals surface area contributed by atoms with E-state index in [2.05, 4.69) is 10.6 Å². The molecular weight excluding hydrogens is 380 g/mol. The third-order valence-electron chi connectivity index (χ3n) is 5.70. The van der Waals surface area contributed by atoms with Crippen molar-refractivity contribution in [1.29, 1.82) is 0 Å². The Bertz CT molecular complexity index is 931. The number of piperidine rings is 1. The van der Waals surface area contributed by atoms with Crippen molar-refractivity contribution in [2.75, 3.05) is 36.4 Å². The highest BCUT2D eigenvalue weighted by atomic mass is 16.2. The van der Waals surface area contributed by atoms with E-state index in [1.54, 1.807) is 9.80 Å². The molecule has 156 valence electrons. The van der Waals surface area contributed by atoms with Gasteiger partial charge in [-0.2, -0.15) is 0 Å². The molecule has 2 heterocycles. The summed E-state index contributed by atoms with van der Waals surface area (Å²) in [7, 11) is 0. The lowest BCUT2D eigenvalue weighted by atomic mass is 9.97. The molecular formula is C23H26N4O3. The van der Waals surface area contributed by atoms with Gasteiger partial charge in [-0.15, -0.1) is 0 Å². The molecule has 1 atom stereocenters. The molecule has 0 aliphatic carbocycles. The van der Waals surface area contributed by atoms with Crippen molar-refractivity contribution in [3.8, 4) is 0 Å². The van der Waals surface area contributed by atoms with Gasteiger partial charge in [0.2, 0.25) is 11.8 Å². The maximum Gasteiger partial charge on any atom is 0.317 e. The fraction of sp³-hybridized carbons (Fsp3) is 0.348. The summed E-state index contributed by atoms with van der Waals surface area (Å²) in [5, 5.41) is 5.64. The second-order valence-corrected chi connectivity index (χ2v) is 7.72. The topological polar surface area (TPSA) is 81.8 Å². The van der Waals surface area contributed by atoms with Crippen LogP contribution in [0.5, 0.6) is 0 Å². The quantitative estimate of drug-likeness (QED) is 0.819. The van der Waals surface area contributed by atoms with Crippen LogP contribution in [0.15, 0.2) is 54.6 Å². The van der Waals surface area contributed by atoms with Crippen LogP contribution in [0.4, 0.5) is 16.2 Å². The molecule has 4 rings (SSSR count). The van der Waals surface area contributed by atoms with Crippen LogP contribution in [0.25, 0.3) is 0 Å². The van der Waals surface area contributed by atoms with Crippen molar-refractivity contribution < 1.29 is 14.4 Å². The molecule has 1 saturated heterocycles. The number of carbonyl (C=O) groups is 3. The zero-order valence-corrected chi connectivity index (χ0v) is 16.8. The molecule has 2 aliphatic heterocycles. The minimum atomic E-state index is -0.298. The largest absolute Gasteiger partial charge is 0.329 e. The molecule has 0 saturated carbocycles. The number of carbonyl (C=O) groups excluding carboxylic acids is 3. The van der Waals surface area contributed by atoms with E-state index in [-0.39, 0.29) is 30.3 Å². The Morgan fingerprint density at radius 2 is 1.73 bits per heavy atom. The normalized spacial score (nSPS) is 17.9. The van der Waals surface area contributed by atoms with Crippen LogP contribution in [0, 0.1) is 5.92 Å². The number of hydrogen-bond acceptors (Lipinski definition) is 3. The third kappa shape index (κ3) is 4.45. The van der Waals surface area contributed by atoms with Gasteiger partial charge in [0, 0.05) is 31.0 Å². The number of likely N-dealkylation sites (tertiary alicyclic amines) is 1. The van der Waals surface area contributed by atoms with Crippen LogP contribution >= 0.6 is 0 Å². The second kappa shape index (κ2) is 8.98. The standard InChI is InChI=1S/C23H26N4O3/c28-21(27-14-12-17-7-4-5-11-20(17)27)15-24-23(30)26-13-6-8-18(16-26)22(29)25-19-9-2-1-3-10-19/h1-5,7,9-11,18H,6,8,12-16H2,(H,24,30)(H,25,29). The van der Waals surface area contributed by atoms with Crippen LogP contribution < -0.4 is 15.5 Å². The van der Waals surface area contributed by atoms with Gasteiger partial charge in [-0.25, -0.2) is 4.79 Å². The fourth-order valence-electron chi connectivity index (χ4n) is 4.10. The number of fused-ring (bicyclic) bond motifs is 1. The van der Waals surface area contributed by atoms with Gasteiger partial charge in [0.1, 0.15) is 0 Å². The first kappa shape index (κ1) is 19.9. The molecule has 0 spiro atoms. The number of para-hydroxylation sites is 2. The molecule has 0 radical (unpaired) electrons. The maximum absolute atomic E-state index is 12.6. The average Bonchev–Trinajstić information content (AvgIpc) is 3.22. The predicted octanol–water partition coefficient (Wildman–Crippen LogP) is 2.64. The second-order valence-electron chi connectivity index (χ2n) is 7.72. The van der Waals surface area contributed by atoms with Crippen LogP contribution in [0.3, 0.4) is 0 Å². The Hall–Kier alpha value is -3.35. The molecule has 4 amide bonds. The van der Waals surface area contributed by atoms with Gasteiger partial charge in [0.05, 0.1) is 12.5 Å². The van der Waals surface area contributed by atoms with E-state index < -0.39 is 0 Å². The van der Waals surface area contributed by atoms with E-state index in [9.17, 15) is 14.4 Å². The number of nitrogens with one attached hydrogen (secondary N) is 2. The number of anilines is 2. The summed E-state index contributed by atoms with van der Waals surface area (Å²) in [5.41, 5.74) is 2.83. The van der Waals surface area contributed by atoms with Crippen molar-refractivity contribution in [3.63, 3.8) is 0 Å². The molecule has 7 heteroatoms. The molecule has 1 unspecified atom stereocenters. The summed E-state index contributed by atoms with van der Waals surface area (Å²) >= 11 is 0. The van der Waals surface area contributed by atoms with Gasteiger partial charge >= 0.3 is 6.03 Å². The Morgan fingerprint density at radius 3 is 2.57 bits per heavy atom. The summed E-state index contributed by atoms with van der Waals surface area (Å²) in [4.78, 5) is 41.1. The summed E-state index contributed by atoms with van der Waals surface area (Å²) < 4.78 is 0. The van der Waals surface area contributed by atoms with E-state index in [0.29, 0.717) is 19.6 Å². The smallest absolute Gasteiger partial charge is 0.317 e. The first-order chi connectivity index (χ1) is 14.6. The lowest BCUT2D eigenvalue weighted by Crippen LogP contribution is -2.50. The Morgan fingerprint density at radius 1 is 0.967 bits per heavy atom. The number of nitrogens with zero attached hydrogens (tertiary/aromatic N) is 2. The first-order valence-corrected chi connectivity index (χ1v) is 10.4. The molecule has 30 heavy (non-hydrogen) atoms. The van der Waals surface area contributed by atoms with Crippen LogP contribution in [-0.2, 0) is 16.0 Å². The third-order valence-corrected chi connectivity index (χ3v) is 5.70. The van der Waals surface area contributed by atoms with Gasteiger partial charge in [-0.1, -0.05) is 36.4 Å². The Labute approximate surface area is 176 Å². The highest BCUT2D eigenvalue weighted by molar-refractivity contribution is 5.98. The van der Waals surface area contributed by atoms with Gasteiger partial charge in [0.25, 0.3) is 0 Å². The molecule has 2 N–H and O–H groups in total. The number of hydrogen-bond donors (Lipinski definition) is 2. The fourth-order valence-corrected chi connectivity index (χ4v) is 4.10. The lowest BCUT2D eigenvalue weighted by molar-refractivity contribution is -0.121. The van der Waals surface area contributed by atoms with Gasteiger partial charge in [-0.05, 0) is 43.0 Å². The summed E-state index contributed by atoms with van der Waals surface area (Å²) in [6.45, 7) is 1.52. The van der Waals surface area contributed by atoms with Gasteiger partial charge in [-0.3, -0.25) is 9.59 Å². The predicted molar refractivity (Wildman–Crippen MR) is 115 cm³/mol. The highest BCUT2D eigenvalue weighted by Gasteiger charge is 2.29. The number of amides is 4. The summed E-state index contributed by atoms with van der Waals surface area (Å²) in [6, 6.07) is 16.8. The molecule has 2 aromatic rings. The van der Waals surface area contributed by atoms with Crippen molar-refractivity contribution >= 4 is 29.2 Å². The number of rotatable bonds is 4. The SMILES string of the molecule is O=C(Nc1ccccc1)C1CCCN(C(=O)NCC(=O)N2CCc3ccccc32)C1. The Balaban J connectivity index is 1.28. The van der Waals surface area contributed by atoms with Crippen molar-refractivity contribution in [2.24, 2.45) is 5.92 Å². The zero-order chi connectivity index (χ0) is 20.9. The van der Waals surface area contributed by atoms with Gasteiger partial charge in [0.15, 0.2) is 0 Å². The molecule has 7 nitrogen and oxygen atoms in total. The first-order valence-electron chi connectivity index (χ1n) is 10.4. The lowest BCUT2D eigenvalue weighted by Gasteiger charge is -2.32. The van der Waals surface area contributed by atoms with E-state index in [1.165, 1.54) is 0 Å². The minimum Gasteiger partial charge on any atom is -0.329 e. The van der Waals surface area contributed by atoms with E-state index in [0.717, 1.165) is 36.2 Å². The summed E-state index contributed by atoms with van der Waals surface area (Å²) in [6.07, 6.45) is 2.33. The van der Waals surface area contributed by atoms with Crippen LogP contribution in [0.1, 0.15) is 18.4 Å². The maximum atomic E-state index is 12.6. The highest BCUT2D eigenvalue weighted by Crippen LogP contribution is 2.27. The van der Waals surface area contributed by atoms with Crippen LogP contribution in [-0.4, -0.2) is 48.9 Å². The van der Waals surface area contributed by atoms with Gasteiger partial charge < -0.3 is 20.4 Å². The monoisotopic (exact) mass is 406 g/mol. The molecule has 0 aromatic heterocycles. The molecule has 2 aliphatic rings. The van der Waals surface area contributed by atoms with Crippen LogP contribution in [0.2, 0.25) is 0 Å². The van der Waals surface area contributed by atoms with E-state index >= 15 is 0 Å². The molecule has 0 bridgehead atoms. The molecule has 2 aromatic carbocycles. The van der Waals surface area contributed by atoms with Crippen molar-refractivity contribution in [1.82, 2.24) is 10.2 Å². The number of benzene rings is 2. The minimum absolute atomic E-state index is 0.0510. The number of urea groups is 1. The average molecular weight is 406 g/mol. The van der Waals surface area contributed by atoms with Crippen molar-refractivity contribution in [2.45, 2.75) is 19.3 Å². The summed E-state index contributed by atoms with van der Waals surface area (Å²) in [5.74, 6) is -0.460. The van der Waals surface area contributed by atoms with E-state index in [1.807, 2.05) is 54.6 Å². The van der Waals surface area contributed by atoms with E-state index in [4.69, 9.17) is 0 Å². The van der Waals surface area contributed by atoms with Crippen molar-refractivity contribution in [3.05, 3.63) is 60.2 Å².